The molecule has 0 spiro atoms. The highest BCUT2D eigenvalue weighted by Crippen LogP contribution is 2.08. The molecule has 0 unspecified atom stereocenters. The Morgan fingerprint density at radius 3 is 2.68 bits per heavy atom. The molecule has 3 rings (SSSR count). The van der Waals surface area contributed by atoms with E-state index in [1.54, 1.807) is 18.1 Å². The second-order valence-corrected chi connectivity index (χ2v) is 7.27. The molecule has 0 aliphatic carbocycles. The van der Waals surface area contributed by atoms with E-state index in [2.05, 4.69) is 32.1 Å². The SMILES string of the molecule is Cc1cc(C)n(C[C@H](C)NC(=O)N(C)Cc2nccn2Cc2ccccc2)n1. The predicted octanol–water partition coefficient (Wildman–Crippen LogP) is 2.97. The Bertz CT molecular complexity index is 914. The fourth-order valence-corrected chi connectivity index (χ4v) is 3.19. The van der Waals surface area contributed by atoms with Crippen LogP contribution < -0.4 is 5.32 Å². The van der Waals surface area contributed by atoms with Crippen LogP contribution in [0.1, 0.15) is 29.7 Å². The summed E-state index contributed by atoms with van der Waals surface area (Å²) in [7, 11) is 1.78. The number of imidazole rings is 1. The highest BCUT2D eigenvalue weighted by molar-refractivity contribution is 5.74. The minimum absolute atomic E-state index is 0.0305. The topological polar surface area (TPSA) is 68.0 Å². The summed E-state index contributed by atoms with van der Waals surface area (Å²) >= 11 is 0. The van der Waals surface area contributed by atoms with Crippen molar-refractivity contribution in [2.75, 3.05) is 7.05 Å². The van der Waals surface area contributed by atoms with Crippen LogP contribution in [-0.2, 0) is 19.6 Å². The molecule has 2 aromatic heterocycles. The zero-order valence-corrected chi connectivity index (χ0v) is 17.0. The van der Waals surface area contributed by atoms with E-state index < -0.39 is 0 Å². The summed E-state index contributed by atoms with van der Waals surface area (Å²) in [5.41, 5.74) is 3.28. The van der Waals surface area contributed by atoms with E-state index in [0.717, 1.165) is 23.8 Å². The first-order chi connectivity index (χ1) is 13.4. The molecule has 0 bridgehead atoms. The number of nitrogens with one attached hydrogen (secondary N) is 1. The lowest BCUT2D eigenvalue weighted by Crippen LogP contribution is -2.43. The lowest BCUT2D eigenvalue weighted by Gasteiger charge is -2.22. The molecule has 7 nitrogen and oxygen atoms in total. The van der Waals surface area contributed by atoms with Crippen LogP contribution in [0.2, 0.25) is 0 Å². The number of hydrogen-bond acceptors (Lipinski definition) is 3. The molecule has 0 saturated carbocycles. The van der Waals surface area contributed by atoms with Gasteiger partial charge in [0.1, 0.15) is 5.82 Å². The van der Waals surface area contributed by atoms with Gasteiger partial charge in [-0.15, -0.1) is 0 Å². The third-order valence-electron chi connectivity index (χ3n) is 4.64. The molecular weight excluding hydrogens is 352 g/mol. The Labute approximate surface area is 166 Å². The number of urea groups is 1. The molecule has 28 heavy (non-hydrogen) atoms. The Morgan fingerprint density at radius 2 is 2.00 bits per heavy atom. The first kappa shape index (κ1) is 19.7. The molecule has 0 saturated heterocycles. The number of nitrogens with zero attached hydrogens (tertiary/aromatic N) is 5. The molecule has 0 radical (unpaired) electrons. The predicted molar refractivity (Wildman–Crippen MR) is 109 cm³/mol. The van der Waals surface area contributed by atoms with E-state index in [-0.39, 0.29) is 12.1 Å². The van der Waals surface area contributed by atoms with Gasteiger partial charge in [0, 0.05) is 37.7 Å². The number of aromatic nitrogens is 4. The number of rotatable bonds is 7. The Morgan fingerprint density at radius 1 is 1.25 bits per heavy atom. The van der Waals surface area contributed by atoms with Crippen molar-refractivity contribution in [3.8, 4) is 0 Å². The molecule has 1 aromatic carbocycles. The van der Waals surface area contributed by atoms with Gasteiger partial charge in [0.15, 0.2) is 0 Å². The molecule has 7 heteroatoms. The van der Waals surface area contributed by atoms with Crippen LogP contribution in [0.4, 0.5) is 4.79 Å². The van der Waals surface area contributed by atoms with Gasteiger partial charge in [-0.1, -0.05) is 30.3 Å². The van der Waals surface area contributed by atoms with Crippen molar-refractivity contribution in [1.29, 1.82) is 0 Å². The van der Waals surface area contributed by atoms with Gasteiger partial charge in [0.05, 0.1) is 18.8 Å². The van der Waals surface area contributed by atoms with Gasteiger partial charge in [-0.05, 0) is 32.4 Å². The van der Waals surface area contributed by atoms with Gasteiger partial charge in [0.2, 0.25) is 0 Å². The van der Waals surface area contributed by atoms with Crippen LogP contribution in [0.3, 0.4) is 0 Å². The Hall–Kier alpha value is -3.09. The van der Waals surface area contributed by atoms with E-state index in [0.29, 0.717) is 13.1 Å². The van der Waals surface area contributed by atoms with Crippen molar-refractivity contribution in [2.45, 2.75) is 46.4 Å². The summed E-state index contributed by atoms with van der Waals surface area (Å²) in [5.74, 6) is 0.854. The van der Waals surface area contributed by atoms with E-state index in [1.165, 1.54) is 5.56 Å². The molecule has 0 aliphatic rings. The lowest BCUT2D eigenvalue weighted by molar-refractivity contribution is 0.200. The smallest absolute Gasteiger partial charge is 0.317 e. The van der Waals surface area contributed by atoms with Crippen LogP contribution in [0.5, 0.6) is 0 Å². The molecule has 1 atom stereocenters. The molecule has 148 valence electrons. The average molecular weight is 380 g/mol. The maximum absolute atomic E-state index is 12.6. The minimum atomic E-state index is -0.122. The average Bonchev–Trinajstić information content (AvgIpc) is 3.21. The Kier molecular flexibility index (Phi) is 6.13. The quantitative estimate of drug-likeness (QED) is 0.685. The van der Waals surface area contributed by atoms with Crippen LogP contribution in [0, 0.1) is 13.8 Å². The molecular formula is C21H28N6O. The third kappa shape index (κ3) is 5.00. The maximum Gasteiger partial charge on any atom is 0.317 e. The van der Waals surface area contributed by atoms with Gasteiger partial charge in [-0.3, -0.25) is 4.68 Å². The molecule has 0 fully saturated rings. The number of carbonyl (C=O) groups is 1. The standard InChI is InChI=1S/C21H28N6O/c1-16-12-18(3)27(24-16)13-17(2)23-21(28)25(4)15-20-22-10-11-26(20)14-19-8-6-5-7-9-19/h5-12,17H,13-15H2,1-4H3,(H,23,28)/t17-/m0/s1. The third-order valence-corrected chi connectivity index (χ3v) is 4.64. The van der Waals surface area contributed by atoms with E-state index >= 15 is 0 Å². The van der Waals surface area contributed by atoms with E-state index in [4.69, 9.17) is 0 Å². The summed E-state index contributed by atoms with van der Waals surface area (Å²) in [6.45, 7) is 7.80. The van der Waals surface area contributed by atoms with Gasteiger partial charge in [0.25, 0.3) is 0 Å². The van der Waals surface area contributed by atoms with Crippen LogP contribution in [-0.4, -0.2) is 43.4 Å². The summed E-state index contributed by atoms with van der Waals surface area (Å²) < 4.78 is 3.99. The van der Waals surface area contributed by atoms with Crippen molar-refractivity contribution in [2.24, 2.45) is 0 Å². The van der Waals surface area contributed by atoms with Crippen LogP contribution in [0.15, 0.2) is 48.8 Å². The molecule has 2 amide bonds. The van der Waals surface area contributed by atoms with Gasteiger partial charge in [-0.2, -0.15) is 5.10 Å². The minimum Gasteiger partial charge on any atom is -0.334 e. The molecule has 0 aliphatic heterocycles. The van der Waals surface area contributed by atoms with Crippen LogP contribution >= 0.6 is 0 Å². The van der Waals surface area contributed by atoms with Crippen molar-refractivity contribution in [3.63, 3.8) is 0 Å². The molecule has 2 heterocycles. The first-order valence-electron chi connectivity index (χ1n) is 9.49. The summed E-state index contributed by atoms with van der Waals surface area (Å²) in [4.78, 5) is 18.7. The van der Waals surface area contributed by atoms with Crippen molar-refractivity contribution >= 4 is 6.03 Å². The second-order valence-electron chi connectivity index (χ2n) is 7.27. The normalized spacial score (nSPS) is 12.0. The van der Waals surface area contributed by atoms with Gasteiger partial charge < -0.3 is 14.8 Å². The Balaban J connectivity index is 1.56. The summed E-state index contributed by atoms with van der Waals surface area (Å²) in [6.07, 6.45) is 3.72. The zero-order valence-electron chi connectivity index (χ0n) is 17.0. The highest BCUT2D eigenvalue weighted by atomic mass is 16.2. The maximum atomic E-state index is 12.6. The van der Waals surface area contributed by atoms with E-state index in [1.807, 2.05) is 55.9 Å². The first-order valence-corrected chi connectivity index (χ1v) is 9.49. The second kappa shape index (κ2) is 8.73. The highest BCUT2D eigenvalue weighted by Gasteiger charge is 2.16. The number of benzene rings is 1. The van der Waals surface area contributed by atoms with Gasteiger partial charge in [-0.25, -0.2) is 9.78 Å². The summed E-state index contributed by atoms with van der Waals surface area (Å²) in [5, 5.41) is 7.49. The fourth-order valence-electron chi connectivity index (χ4n) is 3.19. The number of hydrogen-bond donors (Lipinski definition) is 1. The number of amides is 2. The van der Waals surface area contributed by atoms with Crippen molar-refractivity contribution < 1.29 is 4.79 Å². The summed E-state index contributed by atoms with van der Waals surface area (Å²) in [6, 6.07) is 12.1. The largest absolute Gasteiger partial charge is 0.334 e. The fraction of sp³-hybridized carbons (Fsp3) is 0.381. The van der Waals surface area contributed by atoms with Crippen molar-refractivity contribution in [1.82, 2.24) is 29.5 Å². The monoisotopic (exact) mass is 380 g/mol. The van der Waals surface area contributed by atoms with E-state index in [9.17, 15) is 4.79 Å². The van der Waals surface area contributed by atoms with Crippen molar-refractivity contribution in [3.05, 3.63) is 71.6 Å². The number of carbonyl (C=O) groups excluding carboxylic acids is 1. The molecule has 1 N–H and O–H groups in total. The zero-order chi connectivity index (χ0) is 20.1. The lowest BCUT2D eigenvalue weighted by atomic mass is 10.2. The van der Waals surface area contributed by atoms with Crippen LogP contribution in [0.25, 0.3) is 0 Å². The molecule has 3 aromatic rings. The van der Waals surface area contributed by atoms with Gasteiger partial charge >= 0.3 is 6.03 Å². The number of aryl methyl sites for hydroxylation is 2.